The molecular formula is C18H17ClN2O2. The number of aromatic nitrogens is 1. The molecule has 2 heterocycles. The van der Waals surface area contributed by atoms with Crippen LogP contribution in [0, 0.1) is 0 Å². The van der Waals surface area contributed by atoms with Crippen LogP contribution < -0.4 is 4.90 Å². The van der Waals surface area contributed by atoms with E-state index in [1.807, 2.05) is 19.1 Å². The lowest BCUT2D eigenvalue weighted by Gasteiger charge is -2.28. The molecule has 23 heavy (non-hydrogen) atoms. The Morgan fingerprint density at radius 2 is 2.13 bits per heavy atom. The zero-order valence-electron chi connectivity index (χ0n) is 12.9. The van der Waals surface area contributed by atoms with E-state index in [1.165, 1.54) is 0 Å². The smallest absolute Gasteiger partial charge is 0.258 e. The summed E-state index contributed by atoms with van der Waals surface area (Å²) in [6.07, 6.45) is 4.95. The van der Waals surface area contributed by atoms with Crippen LogP contribution in [0.2, 0.25) is 5.02 Å². The van der Waals surface area contributed by atoms with Gasteiger partial charge in [0.2, 0.25) is 0 Å². The number of nitrogens with zero attached hydrogens (tertiary/aromatic N) is 2. The number of pyridine rings is 1. The van der Waals surface area contributed by atoms with Gasteiger partial charge in [0.1, 0.15) is 5.78 Å². The summed E-state index contributed by atoms with van der Waals surface area (Å²) in [5, 5.41) is 0.645. The topological polar surface area (TPSA) is 50.3 Å². The summed E-state index contributed by atoms with van der Waals surface area (Å²) in [6.45, 7) is 2.43. The third-order valence-corrected chi connectivity index (χ3v) is 4.27. The van der Waals surface area contributed by atoms with Crippen LogP contribution in [0.25, 0.3) is 0 Å². The van der Waals surface area contributed by atoms with E-state index in [9.17, 15) is 9.59 Å². The van der Waals surface area contributed by atoms with Gasteiger partial charge in [-0.15, -0.1) is 0 Å². The molecule has 0 fully saturated rings. The average Bonchev–Trinajstić information content (AvgIpc) is 2.55. The first kappa shape index (κ1) is 15.7. The molecule has 1 amide bonds. The number of benzene rings is 1. The van der Waals surface area contributed by atoms with Crippen molar-refractivity contribution in [2.75, 3.05) is 11.4 Å². The van der Waals surface area contributed by atoms with Crippen LogP contribution in [0.15, 0.2) is 36.7 Å². The average molecular weight is 329 g/mol. The van der Waals surface area contributed by atoms with E-state index in [0.717, 1.165) is 23.2 Å². The molecule has 0 radical (unpaired) electrons. The zero-order chi connectivity index (χ0) is 16.4. The molecule has 0 unspecified atom stereocenters. The quantitative estimate of drug-likeness (QED) is 0.863. The maximum atomic E-state index is 12.7. The number of hydrogen-bond donors (Lipinski definition) is 0. The van der Waals surface area contributed by atoms with Crippen molar-refractivity contribution >= 4 is 29.0 Å². The molecule has 0 saturated heterocycles. The first-order valence-corrected chi connectivity index (χ1v) is 8.02. The minimum Gasteiger partial charge on any atom is -0.306 e. The molecule has 1 aromatic heterocycles. The van der Waals surface area contributed by atoms with Crippen molar-refractivity contribution in [3.63, 3.8) is 0 Å². The summed E-state index contributed by atoms with van der Waals surface area (Å²) in [5.74, 6) is 0.109. The molecule has 0 saturated carbocycles. The second-order valence-electron chi connectivity index (χ2n) is 5.63. The van der Waals surface area contributed by atoms with E-state index in [1.54, 1.807) is 29.4 Å². The highest BCUT2D eigenvalue weighted by atomic mass is 35.5. The molecule has 1 aliphatic heterocycles. The summed E-state index contributed by atoms with van der Waals surface area (Å²) in [7, 11) is 0. The Balaban J connectivity index is 1.88. The molecule has 5 heteroatoms. The van der Waals surface area contributed by atoms with Gasteiger partial charge in [-0.05, 0) is 41.8 Å². The van der Waals surface area contributed by atoms with E-state index in [2.05, 4.69) is 4.98 Å². The number of fused-ring (bicyclic) bond motifs is 1. The van der Waals surface area contributed by atoms with Gasteiger partial charge in [-0.1, -0.05) is 18.5 Å². The molecule has 118 valence electrons. The van der Waals surface area contributed by atoms with Gasteiger partial charge < -0.3 is 4.90 Å². The molecule has 0 N–H and O–H groups in total. The fourth-order valence-corrected chi connectivity index (χ4v) is 2.97. The van der Waals surface area contributed by atoms with Gasteiger partial charge in [0.05, 0.1) is 11.9 Å². The maximum Gasteiger partial charge on any atom is 0.258 e. The van der Waals surface area contributed by atoms with Crippen LogP contribution >= 0.6 is 11.6 Å². The van der Waals surface area contributed by atoms with Crippen molar-refractivity contribution < 1.29 is 9.59 Å². The zero-order valence-corrected chi connectivity index (χ0v) is 13.6. The lowest BCUT2D eigenvalue weighted by atomic mass is 9.98. The molecule has 0 spiro atoms. The van der Waals surface area contributed by atoms with Gasteiger partial charge in [-0.25, -0.2) is 0 Å². The summed E-state index contributed by atoms with van der Waals surface area (Å²) in [4.78, 5) is 30.2. The maximum absolute atomic E-state index is 12.7. The molecule has 0 bridgehead atoms. The Labute approximate surface area is 140 Å². The first-order chi connectivity index (χ1) is 11.1. The Morgan fingerprint density at radius 3 is 2.91 bits per heavy atom. The third-order valence-electron chi connectivity index (χ3n) is 4.04. The third kappa shape index (κ3) is 3.27. The number of carbonyl (C=O) groups is 2. The van der Waals surface area contributed by atoms with Crippen LogP contribution in [0.3, 0.4) is 0 Å². The van der Waals surface area contributed by atoms with Gasteiger partial charge in [0, 0.05) is 36.2 Å². The second kappa shape index (κ2) is 6.50. The predicted molar refractivity (Wildman–Crippen MR) is 90.1 cm³/mol. The summed E-state index contributed by atoms with van der Waals surface area (Å²) in [6, 6.07) is 7.22. The molecule has 2 aromatic rings. The number of amides is 1. The van der Waals surface area contributed by atoms with Crippen molar-refractivity contribution in [1.82, 2.24) is 4.98 Å². The molecule has 4 nitrogen and oxygen atoms in total. The lowest BCUT2D eigenvalue weighted by Crippen LogP contribution is -2.37. The van der Waals surface area contributed by atoms with Gasteiger partial charge in [0.15, 0.2) is 0 Å². The highest BCUT2D eigenvalue weighted by Crippen LogP contribution is 2.26. The van der Waals surface area contributed by atoms with Crippen molar-refractivity contribution in [2.45, 2.75) is 26.2 Å². The molecule has 0 aliphatic carbocycles. The number of rotatable bonds is 4. The van der Waals surface area contributed by atoms with E-state index in [0.29, 0.717) is 30.0 Å². The number of ketones is 1. The Bertz CT molecular complexity index is 773. The summed E-state index contributed by atoms with van der Waals surface area (Å²) >= 11 is 5.99. The lowest BCUT2D eigenvalue weighted by molar-refractivity contribution is -0.118. The SMILES string of the molecule is CCC(=O)Cc1cncc(N2CCc3cc(Cl)ccc3C2=O)c1. The van der Waals surface area contributed by atoms with Gasteiger partial charge in [0.25, 0.3) is 5.91 Å². The van der Waals surface area contributed by atoms with Crippen molar-refractivity contribution in [3.05, 3.63) is 58.4 Å². The molecular weight excluding hydrogens is 312 g/mol. The summed E-state index contributed by atoms with van der Waals surface area (Å²) < 4.78 is 0. The van der Waals surface area contributed by atoms with Gasteiger partial charge in [-0.2, -0.15) is 0 Å². The van der Waals surface area contributed by atoms with Crippen LogP contribution in [-0.2, 0) is 17.6 Å². The Hall–Kier alpha value is -2.20. The number of halogens is 1. The predicted octanol–water partition coefficient (Wildman–Crippen LogP) is 3.46. The minimum atomic E-state index is -0.0521. The fourth-order valence-electron chi connectivity index (χ4n) is 2.77. The molecule has 1 aliphatic rings. The van der Waals surface area contributed by atoms with Crippen LogP contribution in [0.4, 0.5) is 5.69 Å². The van der Waals surface area contributed by atoms with E-state index in [4.69, 9.17) is 11.6 Å². The standard InChI is InChI=1S/C18H17ClN2O2/c1-2-16(22)8-12-7-15(11-20-10-12)21-6-5-13-9-14(19)3-4-17(13)18(21)23/h3-4,7,9-11H,2,5-6,8H2,1H3. The minimum absolute atomic E-state index is 0.0521. The number of carbonyl (C=O) groups excluding carboxylic acids is 2. The van der Waals surface area contributed by atoms with Crippen molar-refractivity contribution in [3.8, 4) is 0 Å². The number of hydrogen-bond acceptors (Lipinski definition) is 3. The second-order valence-corrected chi connectivity index (χ2v) is 6.07. The number of anilines is 1. The van der Waals surface area contributed by atoms with E-state index in [-0.39, 0.29) is 11.7 Å². The Kier molecular flexibility index (Phi) is 4.44. The largest absolute Gasteiger partial charge is 0.306 e. The van der Waals surface area contributed by atoms with Crippen molar-refractivity contribution in [1.29, 1.82) is 0 Å². The van der Waals surface area contributed by atoms with E-state index >= 15 is 0 Å². The van der Waals surface area contributed by atoms with Crippen LogP contribution in [-0.4, -0.2) is 23.2 Å². The van der Waals surface area contributed by atoms with Crippen LogP contribution in [0.1, 0.15) is 34.8 Å². The summed E-state index contributed by atoms with van der Waals surface area (Å²) in [5.41, 5.74) is 3.22. The molecule has 0 atom stereocenters. The Morgan fingerprint density at radius 1 is 1.30 bits per heavy atom. The van der Waals surface area contributed by atoms with Gasteiger partial charge >= 0.3 is 0 Å². The highest BCUT2D eigenvalue weighted by Gasteiger charge is 2.25. The number of Topliss-reactive ketones (excluding diaryl/α,β-unsaturated/α-hetero) is 1. The fraction of sp³-hybridized carbons (Fsp3) is 0.278. The van der Waals surface area contributed by atoms with Crippen LogP contribution in [0.5, 0.6) is 0 Å². The molecule has 3 rings (SSSR count). The van der Waals surface area contributed by atoms with Gasteiger partial charge in [-0.3, -0.25) is 14.6 Å². The van der Waals surface area contributed by atoms with E-state index < -0.39 is 0 Å². The van der Waals surface area contributed by atoms with Crippen molar-refractivity contribution in [2.24, 2.45) is 0 Å². The highest BCUT2D eigenvalue weighted by molar-refractivity contribution is 6.30. The normalized spacial score (nSPS) is 13.8. The first-order valence-electron chi connectivity index (χ1n) is 7.64. The monoisotopic (exact) mass is 328 g/mol. The molecule has 1 aromatic carbocycles.